The number of halogens is 2. The highest BCUT2D eigenvalue weighted by Gasteiger charge is 2.07. The highest BCUT2D eigenvalue weighted by atomic mass is 79.9. The second-order valence-corrected chi connectivity index (χ2v) is 5.04. The van der Waals surface area contributed by atoms with Crippen LogP contribution in [0.4, 0.5) is 0 Å². The topological polar surface area (TPSA) is 21.3 Å². The molecule has 0 heterocycles. The molecular formula is C11H13Br2NO. The van der Waals surface area contributed by atoms with Gasteiger partial charge < -0.3 is 10.1 Å². The van der Waals surface area contributed by atoms with Gasteiger partial charge in [-0.2, -0.15) is 0 Å². The van der Waals surface area contributed by atoms with E-state index < -0.39 is 0 Å². The quantitative estimate of drug-likeness (QED) is 0.890. The zero-order chi connectivity index (χ0) is 11.3. The predicted molar refractivity (Wildman–Crippen MR) is 70.5 cm³/mol. The van der Waals surface area contributed by atoms with Crippen LogP contribution in [0.15, 0.2) is 33.7 Å². The van der Waals surface area contributed by atoms with Gasteiger partial charge in [0.1, 0.15) is 12.4 Å². The van der Waals surface area contributed by atoms with Gasteiger partial charge in [0.2, 0.25) is 0 Å². The van der Waals surface area contributed by atoms with Crippen molar-refractivity contribution in [3.05, 3.63) is 39.3 Å². The van der Waals surface area contributed by atoms with Gasteiger partial charge in [0, 0.05) is 16.6 Å². The molecule has 0 aliphatic rings. The lowest BCUT2D eigenvalue weighted by Crippen LogP contribution is -2.08. The van der Waals surface area contributed by atoms with E-state index in [-0.39, 0.29) is 0 Å². The van der Waals surface area contributed by atoms with E-state index in [9.17, 15) is 0 Å². The fraction of sp³-hybridized carbons (Fsp3) is 0.273. The molecular weight excluding hydrogens is 322 g/mol. The Balaban J connectivity index is 2.86. The highest BCUT2D eigenvalue weighted by molar-refractivity contribution is 9.11. The summed E-state index contributed by atoms with van der Waals surface area (Å²) in [5, 5.41) is 3.10. The van der Waals surface area contributed by atoms with E-state index in [1.54, 1.807) is 0 Å². The van der Waals surface area contributed by atoms with Crippen molar-refractivity contribution in [2.24, 2.45) is 0 Å². The standard InChI is InChI=1S/C11H13Br2NO/c1-8(12)7-15-11-9(6-14-2)4-3-5-10(11)13/h3-5,14H,1,6-7H2,2H3. The number of benzene rings is 1. The lowest BCUT2D eigenvalue weighted by Gasteiger charge is -2.12. The molecule has 0 fully saturated rings. The molecule has 0 spiro atoms. The summed E-state index contributed by atoms with van der Waals surface area (Å²) in [6, 6.07) is 5.99. The summed E-state index contributed by atoms with van der Waals surface area (Å²) in [4.78, 5) is 0. The third-order valence-electron chi connectivity index (χ3n) is 1.79. The zero-order valence-electron chi connectivity index (χ0n) is 8.52. The Hall–Kier alpha value is -0.320. The normalized spacial score (nSPS) is 10.1. The lowest BCUT2D eigenvalue weighted by atomic mass is 10.2. The molecule has 0 amide bonds. The molecule has 0 radical (unpaired) electrons. The van der Waals surface area contributed by atoms with Crippen molar-refractivity contribution in [1.29, 1.82) is 0 Å². The van der Waals surface area contributed by atoms with Gasteiger partial charge in [-0.3, -0.25) is 0 Å². The van der Waals surface area contributed by atoms with Gasteiger partial charge in [0.05, 0.1) is 4.47 Å². The molecule has 0 unspecified atom stereocenters. The average Bonchev–Trinajstić information content (AvgIpc) is 2.17. The summed E-state index contributed by atoms with van der Waals surface area (Å²) in [7, 11) is 1.91. The van der Waals surface area contributed by atoms with Gasteiger partial charge in [0.25, 0.3) is 0 Å². The maximum atomic E-state index is 5.65. The third-order valence-corrected chi connectivity index (χ3v) is 2.64. The van der Waals surface area contributed by atoms with E-state index in [1.165, 1.54) is 0 Å². The Kier molecular flexibility index (Phi) is 5.36. The molecule has 1 N–H and O–H groups in total. The number of nitrogens with one attached hydrogen (secondary N) is 1. The second-order valence-electron chi connectivity index (χ2n) is 3.06. The highest BCUT2D eigenvalue weighted by Crippen LogP contribution is 2.29. The molecule has 82 valence electrons. The van der Waals surface area contributed by atoms with E-state index in [1.807, 2.05) is 25.2 Å². The molecule has 0 aliphatic carbocycles. The van der Waals surface area contributed by atoms with Crippen LogP contribution in [-0.4, -0.2) is 13.7 Å². The first-order valence-electron chi connectivity index (χ1n) is 4.53. The molecule has 0 aromatic heterocycles. The largest absolute Gasteiger partial charge is 0.487 e. The minimum Gasteiger partial charge on any atom is -0.487 e. The van der Waals surface area contributed by atoms with Crippen LogP contribution >= 0.6 is 31.9 Å². The van der Waals surface area contributed by atoms with Gasteiger partial charge in [-0.05, 0) is 29.0 Å². The molecule has 0 aliphatic heterocycles. The summed E-state index contributed by atoms with van der Waals surface area (Å²) in [6.07, 6.45) is 0. The SMILES string of the molecule is C=C(Br)COc1c(Br)cccc1CNC. The molecule has 4 heteroatoms. The smallest absolute Gasteiger partial charge is 0.138 e. The number of para-hydroxylation sites is 1. The van der Waals surface area contributed by atoms with Crippen LogP contribution in [0, 0.1) is 0 Å². The van der Waals surface area contributed by atoms with Crippen LogP contribution in [0.25, 0.3) is 0 Å². The summed E-state index contributed by atoms with van der Waals surface area (Å²) >= 11 is 6.74. The Morgan fingerprint density at radius 2 is 2.27 bits per heavy atom. The van der Waals surface area contributed by atoms with Gasteiger partial charge in [-0.15, -0.1) is 0 Å². The monoisotopic (exact) mass is 333 g/mol. The van der Waals surface area contributed by atoms with Gasteiger partial charge in [0.15, 0.2) is 0 Å². The van der Waals surface area contributed by atoms with Crippen LogP contribution in [-0.2, 0) is 6.54 Å². The molecule has 1 aromatic rings. The first-order chi connectivity index (χ1) is 7.15. The Labute approximate surface area is 107 Å². The van der Waals surface area contributed by atoms with E-state index in [0.29, 0.717) is 6.61 Å². The third kappa shape index (κ3) is 3.97. The fourth-order valence-electron chi connectivity index (χ4n) is 1.20. The van der Waals surface area contributed by atoms with Crippen LogP contribution < -0.4 is 10.1 Å². The lowest BCUT2D eigenvalue weighted by molar-refractivity contribution is 0.354. The van der Waals surface area contributed by atoms with Gasteiger partial charge in [-0.25, -0.2) is 0 Å². The van der Waals surface area contributed by atoms with Crippen molar-refractivity contribution in [3.63, 3.8) is 0 Å². The fourth-order valence-corrected chi connectivity index (χ4v) is 1.83. The summed E-state index contributed by atoms with van der Waals surface area (Å²) < 4.78 is 7.44. The van der Waals surface area contributed by atoms with E-state index in [0.717, 1.165) is 26.8 Å². The Bertz CT molecular complexity index is 352. The molecule has 15 heavy (non-hydrogen) atoms. The Morgan fingerprint density at radius 1 is 1.53 bits per heavy atom. The minimum atomic E-state index is 0.472. The molecule has 2 nitrogen and oxygen atoms in total. The zero-order valence-corrected chi connectivity index (χ0v) is 11.7. The van der Waals surface area contributed by atoms with Crippen molar-refractivity contribution < 1.29 is 4.74 Å². The first kappa shape index (κ1) is 12.7. The molecule has 1 rings (SSSR count). The molecule has 0 bridgehead atoms. The van der Waals surface area contributed by atoms with Gasteiger partial charge >= 0.3 is 0 Å². The van der Waals surface area contributed by atoms with Gasteiger partial charge in [-0.1, -0.05) is 34.6 Å². The van der Waals surface area contributed by atoms with Crippen molar-refractivity contribution >= 4 is 31.9 Å². The van der Waals surface area contributed by atoms with Crippen molar-refractivity contribution in [1.82, 2.24) is 5.32 Å². The van der Waals surface area contributed by atoms with Crippen LogP contribution in [0.2, 0.25) is 0 Å². The predicted octanol–water partition coefficient (Wildman–Crippen LogP) is 3.46. The van der Waals surface area contributed by atoms with Crippen LogP contribution in [0.5, 0.6) is 5.75 Å². The second kappa shape index (κ2) is 6.30. The molecule has 0 saturated carbocycles. The van der Waals surface area contributed by atoms with Crippen molar-refractivity contribution in [2.75, 3.05) is 13.7 Å². The molecule has 0 saturated heterocycles. The number of hydrogen-bond donors (Lipinski definition) is 1. The minimum absolute atomic E-state index is 0.472. The van der Waals surface area contributed by atoms with E-state index >= 15 is 0 Å². The number of hydrogen-bond acceptors (Lipinski definition) is 2. The summed E-state index contributed by atoms with van der Waals surface area (Å²) in [5.74, 6) is 0.868. The first-order valence-corrected chi connectivity index (χ1v) is 6.11. The van der Waals surface area contributed by atoms with Crippen LogP contribution in [0.3, 0.4) is 0 Å². The van der Waals surface area contributed by atoms with E-state index in [2.05, 4.69) is 43.8 Å². The van der Waals surface area contributed by atoms with E-state index in [4.69, 9.17) is 4.74 Å². The number of rotatable bonds is 5. The average molecular weight is 335 g/mol. The maximum Gasteiger partial charge on any atom is 0.138 e. The Morgan fingerprint density at radius 3 is 2.87 bits per heavy atom. The van der Waals surface area contributed by atoms with Crippen LogP contribution in [0.1, 0.15) is 5.56 Å². The van der Waals surface area contributed by atoms with Crippen molar-refractivity contribution in [2.45, 2.75) is 6.54 Å². The maximum absolute atomic E-state index is 5.65. The molecule has 0 atom stereocenters. The summed E-state index contributed by atoms with van der Waals surface area (Å²) in [5.41, 5.74) is 1.13. The summed E-state index contributed by atoms with van der Waals surface area (Å²) in [6.45, 7) is 4.99. The number of ether oxygens (including phenoxy) is 1. The van der Waals surface area contributed by atoms with Crippen molar-refractivity contribution in [3.8, 4) is 5.75 Å². The molecule has 1 aromatic carbocycles.